The van der Waals surface area contributed by atoms with Gasteiger partial charge in [-0.05, 0) is 44.1 Å². The maximum atomic E-state index is 6.07. The lowest BCUT2D eigenvalue weighted by atomic mass is 9.82. The molecular weight excluding hydrogens is 415 g/mol. The molecule has 0 spiro atoms. The van der Waals surface area contributed by atoms with E-state index in [9.17, 15) is 0 Å². The van der Waals surface area contributed by atoms with Gasteiger partial charge in [0, 0.05) is 39.3 Å². The van der Waals surface area contributed by atoms with Gasteiger partial charge in [0.05, 0.1) is 12.7 Å². The first-order valence-corrected chi connectivity index (χ1v) is 9.64. The number of nitrogens with zero attached hydrogens (tertiary/aromatic N) is 3. The lowest BCUT2D eigenvalue weighted by molar-refractivity contribution is -0.0454. The molecule has 4 unspecified atom stereocenters. The number of hydrogen-bond donors (Lipinski definition) is 1. The van der Waals surface area contributed by atoms with Crippen LogP contribution in [0.2, 0.25) is 0 Å². The largest absolute Gasteiger partial charge is 0.373 e. The lowest BCUT2D eigenvalue weighted by Gasteiger charge is -2.35. The molecule has 3 saturated heterocycles. The van der Waals surface area contributed by atoms with Crippen molar-refractivity contribution in [3.8, 4) is 0 Å². The summed E-state index contributed by atoms with van der Waals surface area (Å²) in [5, 5.41) is 3.59. The third-order valence-corrected chi connectivity index (χ3v) is 6.44. The van der Waals surface area contributed by atoms with E-state index in [2.05, 4.69) is 20.1 Å². The van der Waals surface area contributed by atoms with Crippen molar-refractivity contribution in [2.45, 2.75) is 50.7 Å². The molecule has 0 bridgehead atoms. The molecule has 0 aromatic heterocycles. The van der Waals surface area contributed by atoms with Crippen LogP contribution in [0.3, 0.4) is 0 Å². The van der Waals surface area contributed by atoms with Crippen LogP contribution in [0.4, 0.5) is 0 Å². The lowest BCUT2D eigenvalue weighted by Crippen LogP contribution is -2.51. The molecule has 1 saturated carbocycles. The molecule has 0 aromatic carbocycles. The van der Waals surface area contributed by atoms with Crippen molar-refractivity contribution in [2.24, 2.45) is 16.8 Å². The average molecular weight is 448 g/mol. The number of morpholine rings is 1. The molecule has 5 nitrogen and oxygen atoms in total. The van der Waals surface area contributed by atoms with Crippen LogP contribution in [-0.2, 0) is 4.74 Å². The zero-order valence-corrected chi connectivity index (χ0v) is 17.3. The molecule has 4 fully saturated rings. The minimum Gasteiger partial charge on any atom is -0.373 e. The molecule has 138 valence electrons. The molecule has 0 aromatic rings. The van der Waals surface area contributed by atoms with Crippen LogP contribution in [0.5, 0.6) is 0 Å². The van der Waals surface area contributed by atoms with Crippen molar-refractivity contribution < 1.29 is 4.74 Å². The summed E-state index contributed by atoms with van der Waals surface area (Å²) < 4.78 is 6.07. The van der Waals surface area contributed by atoms with Gasteiger partial charge in [0.15, 0.2) is 5.96 Å². The summed E-state index contributed by atoms with van der Waals surface area (Å²) in [5.41, 5.74) is 0. The van der Waals surface area contributed by atoms with Crippen LogP contribution in [-0.4, -0.2) is 74.3 Å². The molecule has 3 aliphatic heterocycles. The predicted octanol–water partition coefficient (Wildman–Crippen LogP) is 2.16. The van der Waals surface area contributed by atoms with Gasteiger partial charge in [-0.15, -0.1) is 24.0 Å². The topological polar surface area (TPSA) is 40.1 Å². The van der Waals surface area contributed by atoms with Crippen LogP contribution >= 0.6 is 24.0 Å². The highest BCUT2D eigenvalue weighted by molar-refractivity contribution is 14.0. The Bertz CT molecular complexity index is 433. The SMILES string of the molecule is CN=C(NCC1CN2CCCC2CO1)N1CC2CCCCC2C1.I. The molecule has 6 heteroatoms. The van der Waals surface area contributed by atoms with Gasteiger partial charge in [0.1, 0.15) is 0 Å². The van der Waals surface area contributed by atoms with E-state index in [1.807, 2.05) is 7.05 Å². The third kappa shape index (κ3) is 4.01. The van der Waals surface area contributed by atoms with Crippen molar-refractivity contribution in [1.82, 2.24) is 15.1 Å². The quantitative estimate of drug-likeness (QED) is 0.400. The van der Waals surface area contributed by atoms with E-state index in [4.69, 9.17) is 4.74 Å². The minimum atomic E-state index is 0. The second-order valence-electron chi connectivity index (χ2n) is 7.88. The molecular formula is C18H33IN4O. The van der Waals surface area contributed by atoms with Gasteiger partial charge in [0.25, 0.3) is 0 Å². The van der Waals surface area contributed by atoms with Crippen LogP contribution in [0.25, 0.3) is 0 Å². The Labute approximate surface area is 163 Å². The summed E-state index contributed by atoms with van der Waals surface area (Å²) in [7, 11) is 1.92. The molecule has 4 atom stereocenters. The summed E-state index contributed by atoms with van der Waals surface area (Å²) in [6, 6.07) is 0.687. The summed E-state index contributed by atoms with van der Waals surface area (Å²) in [5.74, 6) is 2.89. The zero-order chi connectivity index (χ0) is 15.6. The van der Waals surface area contributed by atoms with E-state index in [1.54, 1.807) is 0 Å². The molecule has 4 rings (SSSR count). The van der Waals surface area contributed by atoms with Crippen LogP contribution < -0.4 is 5.32 Å². The summed E-state index contributed by atoms with van der Waals surface area (Å²) in [4.78, 5) is 9.64. The van der Waals surface area contributed by atoms with Gasteiger partial charge in [-0.2, -0.15) is 0 Å². The Kier molecular flexibility index (Phi) is 6.65. The van der Waals surface area contributed by atoms with Gasteiger partial charge < -0.3 is 15.0 Å². The summed E-state index contributed by atoms with van der Waals surface area (Å²) in [6.07, 6.45) is 8.65. The van der Waals surface area contributed by atoms with E-state index in [0.29, 0.717) is 12.1 Å². The Morgan fingerprint density at radius 1 is 1.08 bits per heavy atom. The normalized spacial score (nSPS) is 36.9. The van der Waals surface area contributed by atoms with Crippen LogP contribution in [0.1, 0.15) is 38.5 Å². The Hall–Kier alpha value is -0.0800. The number of guanidine groups is 1. The highest BCUT2D eigenvalue weighted by Crippen LogP contribution is 2.35. The first kappa shape index (κ1) is 18.7. The van der Waals surface area contributed by atoms with E-state index < -0.39 is 0 Å². The Morgan fingerprint density at radius 3 is 2.54 bits per heavy atom. The predicted molar refractivity (Wildman–Crippen MR) is 108 cm³/mol. The van der Waals surface area contributed by atoms with Gasteiger partial charge in [-0.25, -0.2) is 0 Å². The number of likely N-dealkylation sites (tertiary alicyclic amines) is 1. The highest BCUT2D eigenvalue weighted by atomic mass is 127. The van der Waals surface area contributed by atoms with Crippen molar-refractivity contribution in [3.05, 3.63) is 0 Å². The van der Waals surface area contributed by atoms with E-state index in [1.165, 1.54) is 58.2 Å². The Balaban J connectivity index is 0.00000169. The molecule has 24 heavy (non-hydrogen) atoms. The van der Waals surface area contributed by atoms with Gasteiger partial charge >= 0.3 is 0 Å². The summed E-state index contributed by atoms with van der Waals surface area (Å²) in [6.45, 7) is 6.54. The first-order valence-electron chi connectivity index (χ1n) is 9.64. The smallest absolute Gasteiger partial charge is 0.193 e. The minimum absolute atomic E-state index is 0. The van der Waals surface area contributed by atoms with Crippen LogP contribution in [0, 0.1) is 11.8 Å². The van der Waals surface area contributed by atoms with Gasteiger partial charge in [-0.3, -0.25) is 9.89 Å². The van der Waals surface area contributed by atoms with Gasteiger partial charge in [-0.1, -0.05) is 12.8 Å². The standard InChI is InChI=1S/C18H32N4O.HI/c1-19-18(22-10-14-5-2-3-6-15(14)11-22)20-9-17-12-21-8-4-7-16(21)13-23-17;/h14-17H,2-13H2,1H3,(H,19,20);1H. The first-order chi connectivity index (χ1) is 11.3. The molecule has 1 aliphatic carbocycles. The fourth-order valence-corrected chi connectivity index (χ4v) is 5.13. The van der Waals surface area contributed by atoms with E-state index in [0.717, 1.165) is 37.5 Å². The molecule has 0 radical (unpaired) electrons. The van der Waals surface area contributed by atoms with E-state index >= 15 is 0 Å². The second-order valence-corrected chi connectivity index (χ2v) is 7.88. The van der Waals surface area contributed by atoms with Crippen molar-refractivity contribution in [1.29, 1.82) is 0 Å². The Morgan fingerprint density at radius 2 is 1.83 bits per heavy atom. The fraction of sp³-hybridized carbons (Fsp3) is 0.944. The number of aliphatic imine (C=N–C) groups is 1. The number of rotatable bonds is 2. The van der Waals surface area contributed by atoms with E-state index in [-0.39, 0.29) is 24.0 Å². The maximum absolute atomic E-state index is 6.07. The number of ether oxygens (including phenoxy) is 1. The fourth-order valence-electron chi connectivity index (χ4n) is 5.13. The van der Waals surface area contributed by atoms with Crippen molar-refractivity contribution in [3.63, 3.8) is 0 Å². The second kappa shape index (κ2) is 8.54. The van der Waals surface area contributed by atoms with Crippen LogP contribution in [0.15, 0.2) is 4.99 Å². The maximum Gasteiger partial charge on any atom is 0.193 e. The number of hydrogen-bond acceptors (Lipinski definition) is 3. The monoisotopic (exact) mass is 448 g/mol. The highest BCUT2D eigenvalue weighted by Gasteiger charge is 2.36. The van der Waals surface area contributed by atoms with Crippen molar-refractivity contribution in [2.75, 3.05) is 46.4 Å². The van der Waals surface area contributed by atoms with Gasteiger partial charge in [0.2, 0.25) is 0 Å². The zero-order valence-electron chi connectivity index (χ0n) is 15.0. The number of nitrogens with one attached hydrogen (secondary N) is 1. The number of fused-ring (bicyclic) bond motifs is 2. The molecule has 0 amide bonds. The molecule has 3 heterocycles. The third-order valence-electron chi connectivity index (χ3n) is 6.44. The average Bonchev–Trinajstić information content (AvgIpc) is 3.21. The molecule has 1 N–H and O–H groups in total. The molecule has 4 aliphatic rings. The number of halogens is 1. The van der Waals surface area contributed by atoms with Crippen molar-refractivity contribution >= 4 is 29.9 Å². The summed E-state index contributed by atoms with van der Waals surface area (Å²) >= 11 is 0.